The Hall–Kier alpha value is -2.74. The highest BCUT2D eigenvalue weighted by Gasteiger charge is 2.74. The zero-order valence-corrected chi connectivity index (χ0v) is 22.1. The van der Waals surface area contributed by atoms with Crippen LogP contribution >= 0.6 is 0 Å². The van der Waals surface area contributed by atoms with Crippen molar-refractivity contribution >= 4 is 15.7 Å². The van der Waals surface area contributed by atoms with Crippen LogP contribution in [0.15, 0.2) is 47.4 Å². The molecule has 2 aromatic rings. The first-order valence-electron chi connectivity index (χ1n) is 12.9. The molecule has 224 valence electrons. The third-order valence-corrected chi connectivity index (χ3v) is 11.2. The molecule has 3 aliphatic rings. The molecule has 1 saturated carbocycles. The molecule has 1 amide bonds. The largest absolute Gasteiger partial charge is 0.435 e. The summed E-state index contributed by atoms with van der Waals surface area (Å²) >= 11 is 0. The number of sulfone groups is 1. The number of rotatable bonds is 5. The normalized spacial score (nSPS) is 26.9. The lowest BCUT2D eigenvalue weighted by atomic mass is 9.72. The van der Waals surface area contributed by atoms with E-state index in [9.17, 15) is 48.3 Å². The Bertz CT molecular complexity index is 1420. The van der Waals surface area contributed by atoms with Crippen LogP contribution in [0.3, 0.4) is 0 Å². The fraction of sp³-hybridized carbons (Fsp3) is 0.519. The van der Waals surface area contributed by atoms with Crippen molar-refractivity contribution < 1.29 is 53.1 Å². The number of benzene rings is 2. The van der Waals surface area contributed by atoms with Crippen molar-refractivity contribution in [3.63, 3.8) is 0 Å². The van der Waals surface area contributed by atoms with Gasteiger partial charge < -0.3 is 10.1 Å². The second kappa shape index (κ2) is 9.92. The van der Waals surface area contributed by atoms with Crippen molar-refractivity contribution in [2.75, 3.05) is 13.2 Å². The Morgan fingerprint density at radius 2 is 1.59 bits per heavy atom. The molecule has 1 N–H and O–H groups in total. The molecule has 0 aromatic heterocycles. The highest BCUT2D eigenvalue weighted by atomic mass is 32.2. The van der Waals surface area contributed by atoms with Crippen LogP contribution in [0.2, 0.25) is 0 Å². The fourth-order valence-electron chi connectivity index (χ4n) is 6.65. The highest BCUT2D eigenvalue weighted by Crippen LogP contribution is 2.60. The minimum Gasteiger partial charge on any atom is -0.379 e. The van der Waals surface area contributed by atoms with Crippen molar-refractivity contribution in [3.05, 3.63) is 65.0 Å². The predicted octanol–water partition coefficient (Wildman–Crippen LogP) is 5.66. The van der Waals surface area contributed by atoms with Gasteiger partial charge in [-0.1, -0.05) is 18.2 Å². The van der Waals surface area contributed by atoms with Gasteiger partial charge in [0, 0.05) is 18.1 Å². The van der Waals surface area contributed by atoms with Crippen molar-refractivity contribution in [1.82, 2.24) is 5.32 Å². The van der Waals surface area contributed by atoms with E-state index in [0.717, 1.165) is 30.3 Å². The van der Waals surface area contributed by atoms with Gasteiger partial charge in [-0.3, -0.25) is 4.79 Å². The summed E-state index contributed by atoms with van der Waals surface area (Å²) in [7, 11) is -4.50. The number of hydrogen-bond acceptors (Lipinski definition) is 4. The van der Waals surface area contributed by atoms with Gasteiger partial charge in [0.05, 0.1) is 17.5 Å². The molecule has 0 spiro atoms. The molecule has 4 atom stereocenters. The van der Waals surface area contributed by atoms with E-state index in [4.69, 9.17) is 4.74 Å². The lowest BCUT2D eigenvalue weighted by molar-refractivity contribution is -0.348. The first-order valence-corrected chi connectivity index (χ1v) is 14.4. The number of carbonyl (C=O) groups is 1. The maximum Gasteiger partial charge on any atom is 0.435 e. The minimum atomic E-state index is -6.34. The fourth-order valence-corrected chi connectivity index (χ4v) is 9.12. The van der Waals surface area contributed by atoms with Crippen LogP contribution in [0.5, 0.6) is 0 Å². The first kappa shape index (κ1) is 29.7. The Morgan fingerprint density at radius 1 is 0.927 bits per heavy atom. The summed E-state index contributed by atoms with van der Waals surface area (Å²) in [5.74, 6) is -2.91. The number of ether oxygens (including phenoxy) is 1. The number of aryl methyl sites for hydroxylation is 1. The zero-order valence-electron chi connectivity index (χ0n) is 21.3. The molecule has 2 aliphatic carbocycles. The summed E-state index contributed by atoms with van der Waals surface area (Å²) in [6.07, 6.45) is -12.5. The van der Waals surface area contributed by atoms with Gasteiger partial charge in [0.25, 0.3) is 0 Å². The molecular weight excluding hydrogens is 586 g/mol. The molecule has 1 aliphatic heterocycles. The lowest BCUT2D eigenvalue weighted by Crippen LogP contribution is -2.51. The van der Waals surface area contributed by atoms with E-state index < -0.39 is 61.7 Å². The molecule has 1 saturated heterocycles. The maximum absolute atomic E-state index is 14.9. The molecule has 14 heteroatoms. The Balaban J connectivity index is 1.65. The van der Waals surface area contributed by atoms with E-state index >= 15 is 0 Å². The molecule has 5 rings (SSSR count). The number of nitrogens with one attached hydrogen (secondary N) is 1. The first-order chi connectivity index (χ1) is 19.0. The number of halogens is 8. The van der Waals surface area contributed by atoms with Crippen LogP contribution in [0.4, 0.5) is 35.1 Å². The maximum atomic E-state index is 14.9. The third kappa shape index (κ3) is 4.52. The molecule has 0 unspecified atom stereocenters. The summed E-state index contributed by atoms with van der Waals surface area (Å²) < 4.78 is 141. The molecule has 0 radical (unpaired) electrons. The van der Waals surface area contributed by atoms with E-state index in [1.54, 1.807) is 0 Å². The highest BCUT2D eigenvalue weighted by molar-refractivity contribution is 7.92. The molecule has 2 aromatic carbocycles. The number of fused-ring (bicyclic) bond motifs is 3. The predicted molar refractivity (Wildman–Crippen MR) is 129 cm³/mol. The van der Waals surface area contributed by atoms with Crippen molar-refractivity contribution in [2.24, 2.45) is 11.8 Å². The van der Waals surface area contributed by atoms with Gasteiger partial charge in [-0.15, -0.1) is 0 Å². The van der Waals surface area contributed by atoms with Gasteiger partial charge in [0.2, 0.25) is 5.91 Å². The molecule has 1 heterocycles. The summed E-state index contributed by atoms with van der Waals surface area (Å²) in [5, 5.41) is 2.85. The third-order valence-electron chi connectivity index (χ3n) is 8.59. The van der Waals surface area contributed by atoms with E-state index in [-0.39, 0.29) is 54.4 Å². The van der Waals surface area contributed by atoms with Crippen LogP contribution in [-0.2, 0) is 36.2 Å². The monoisotopic (exact) mass is 611 g/mol. The SMILES string of the molecule is O=C(N[C@@H]1CCOC1)[C@@H]1CC[C@@]2(S(=O)(=O)c3ccc(F)cc3)c3ccc(C(F)(C(F)(F)F)C(F)(F)F)cc3CC[C@@H]12. The quantitative estimate of drug-likeness (QED) is 0.350. The number of carbonyl (C=O) groups excluding carboxylic acids is 1. The van der Waals surface area contributed by atoms with E-state index in [1.165, 1.54) is 0 Å². The van der Waals surface area contributed by atoms with Gasteiger partial charge in [0.15, 0.2) is 9.84 Å². The van der Waals surface area contributed by atoms with Crippen molar-refractivity contribution in [2.45, 2.75) is 65.8 Å². The standard InChI is InChI=1S/C27H25F8NO4S/c28-17-3-5-19(6-4-17)41(38,39)24-11-9-20(23(37)36-18-10-12-40-14-18)22(24)7-1-15-13-16(2-8-21(15)24)25(29,26(30,31)32)27(33,34)35/h2-6,8,13,18,20,22H,1,7,9-12,14H2,(H,36,37)/t18-,20-,22+,24-/m1/s1. The summed E-state index contributed by atoms with van der Waals surface area (Å²) in [6, 6.07) is 5.11. The summed E-state index contributed by atoms with van der Waals surface area (Å²) in [4.78, 5) is 13.0. The second-order valence-corrected chi connectivity index (χ2v) is 12.9. The average Bonchev–Trinajstić information content (AvgIpc) is 3.55. The minimum absolute atomic E-state index is 0.0594. The molecule has 41 heavy (non-hydrogen) atoms. The summed E-state index contributed by atoms with van der Waals surface area (Å²) in [6.45, 7) is 0.709. The van der Waals surface area contributed by atoms with E-state index in [1.807, 2.05) is 0 Å². The molecule has 5 nitrogen and oxygen atoms in total. The van der Waals surface area contributed by atoms with Crippen molar-refractivity contribution in [3.8, 4) is 0 Å². The number of amides is 1. The van der Waals surface area contributed by atoms with E-state index in [0.29, 0.717) is 25.2 Å². The van der Waals surface area contributed by atoms with Crippen LogP contribution in [0.1, 0.15) is 42.4 Å². The summed E-state index contributed by atoms with van der Waals surface area (Å²) in [5.41, 5.74) is -7.67. The van der Waals surface area contributed by atoms with Gasteiger partial charge in [-0.2, -0.15) is 26.3 Å². The number of alkyl halides is 7. The van der Waals surface area contributed by atoms with Crippen LogP contribution in [0, 0.1) is 17.7 Å². The van der Waals surface area contributed by atoms with Crippen LogP contribution < -0.4 is 5.32 Å². The van der Waals surface area contributed by atoms with Gasteiger partial charge >= 0.3 is 18.0 Å². The second-order valence-electron chi connectivity index (χ2n) is 10.7. The average molecular weight is 612 g/mol. The van der Waals surface area contributed by atoms with Crippen molar-refractivity contribution in [1.29, 1.82) is 0 Å². The van der Waals surface area contributed by atoms with E-state index in [2.05, 4.69) is 5.32 Å². The molecule has 2 fully saturated rings. The van der Waals surface area contributed by atoms with Crippen LogP contribution in [0.25, 0.3) is 0 Å². The smallest absolute Gasteiger partial charge is 0.379 e. The molecule has 0 bridgehead atoms. The Morgan fingerprint density at radius 3 is 2.17 bits per heavy atom. The lowest BCUT2D eigenvalue weighted by Gasteiger charge is -2.42. The van der Waals surface area contributed by atoms with Gasteiger partial charge in [0.1, 0.15) is 10.6 Å². The van der Waals surface area contributed by atoms with Gasteiger partial charge in [-0.25, -0.2) is 17.2 Å². The Kier molecular flexibility index (Phi) is 7.20. The zero-order chi connectivity index (χ0) is 30.0. The van der Waals surface area contributed by atoms with Crippen LogP contribution in [-0.4, -0.2) is 45.9 Å². The van der Waals surface area contributed by atoms with Gasteiger partial charge in [-0.05, 0) is 73.4 Å². The Labute approximate surface area is 230 Å². The molecular formula is C27H25F8NO4S. The number of hydrogen-bond donors (Lipinski definition) is 1. The topological polar surface area (TPSA) is 72.5 Å².